The van der Waals surface area contributed by atoms with E-state index in [4.69, 9.17) is 56.1 Å². The van der Waals surface area contributed by atoms with Gasteiger partial charge in [-0.15, -0.1) is 20.4 Å². The molecule has 44 heavy (non-hydrogen) atoms. The average Bonchev–Trinajstić information content (AvgIpc) is 3.01. The van der Waals surface area contributed by atoms with Crippen molar-refractivity contribution < 1.29 is 25.2 Å². The van der Waals surface area contributed by atoms with Crippen LogP contribution in [0.25, 0.3) is 0 Å². The van der Waals surface area contributed by atoms with E-state index in [-0.39, 0.29) is 65.2 Å². The number of nitrogens with zero attached hydrogens (tertiary/aromatic N) is 9. The lowest BCUT2D eigenvalue weighted by Gasteiger charge is -2.41. The highest BCUT2D eigenvalue weighted by Gasteiger charge is 2.30. The fourth-order valence-corrected chi connectivity index (χ4v) is 4.69. The number of nitrogens with one attached hydrogen (secondary N) is 1. The van der Waals surface area contributed by atoms with Crippen LogP contribution < -0.4 is 21.7 Å². The molecule has 2 aliphatic rings. The molecule has 0 radical (unpaired) electrons. The lowest BCUT2D eigenvalue weighted by molar-refractivity contribution is 0.0307. The predicted octanol–water partition coefficient (Wildman–Crippen LogP) is -1.62. The van der Waals surface area contributed by atoms with Crippen LogP contribution in [0.3, 0.4) is 0 Å². The average molecular weight is 686 g/mol. The van der Waals surface area contributed by atoms with Crippen LogP contribution in [0.1, 0.15) is 13.3 Å². The van der Waals surface area contributed by atoms with E-state index in [1.807, 2.05) is 11.8 Å². The predicted molar refractivity (Wildman–Crippen MR) is 168 cm³/mol. The van der Waals surface area contributed by atoms with E-state index < -0.39 is 6.10 Å². The van der Waals surface area contributed by atoms with Crippen LogP contribution in [0.5, 0.6) is 0 Å². The molecule has 2 aromatic rings. The Labute approximate surface area is 271 Å². The van der Waals surface area contributed by atoms with Crippen molar-refractivity contribution in [1.29, 1.82) is 0 Å². The number of rotatable bonds is 10. The highest BCUT2D eigenvalue weighted by Crippen LogP contribution is 2.20. The number of piperazine rings is 2. The van der Waals surface area contributed by atoms with Crippen molar-refractivity contribution in [2.24, 2.45) is 0 Å². The Morgan fingerprint density at radius 1 is 0.886 bits per heavy atom. The molecule has 2 aromatic heterocycles. The number of aromatic nitrogens is 6. The molecule has 17 nitrogen and oxygen atoms in total. The zero-order valence-electron chi connectivity index (χ0n) is 24.8. The molecule has 0 spiro atoms. The number of nitrogens with two attached hydrogens (primary N) is 2. The Hall–Kier alpha value is -2.03. The Morgan fingerprint density at radius 3 is 2.09 bits per heavy atom. The topological polar surface area (TPSA) is 241 Å². The number of aliphatic hydroxyl groups is 4. The minimum atomic E-state index is -0.556. The van der Waals surface area contributed by atoms with Gasteiger partial charge in [0.2, 0.25) is 11.2 Å². The van der Waals surface area contributed by atoms with Gasteiger partial charge in [-0.2, -0.15) is 9.97 Å². The second-order valence-electron chi connectivity index (χ2n) is 10.1. The summed E-state index contributed by atoms with van der Waals surface area (Å²) in [6, 6.07) is -0.0244. The SMILES string of the molecule is CC[C@@H](O)CN1CCN[C@H](CO)C1.COC[C@@H](O)CN1CCN(c2nnc(Cl)c(N)n2)[C@H](CO)C1.Nc1nc(Cl)nnc1Cl. The number of β-amino-alcohol motifs (C(OH)–C–C–N with tert-alkyl or cyclic N) is 2. The van der Waals surface area contributed by atoms with Crippen molar-refractivity contribution in [1.82, 2.24) is 45.5 Å². The van der Waals surface area contributed by atoms with Crippen LogP contribution in [-0.4, -0.2) is 164 Å². The molecule has 0 aliphatic carbocycles. The van der Waals surface area contributed by atoms with Crippen molar-refractivity contribution in [3.8, 4) is 0 Å². The van der Waals surface area contributed by atoms with Crippen molar-refractivity contribution >= 4 is 52.4 Å². The third-order valence-corrected chi connectivity index (χ3v) is 7.36. The number of ether oxygens (including phenoxy) is 1. The zero-order valence-corrected chi connectivity index (χ0v) is 27.1. The van der Waals surface area contributed by atoms with Gasteiger partial charge in [-0.05, 0) is 18.0 Å². The van der Waals surface area contributed by atoms with Crippen LogP contribution in [0.15, 0.2) is 0 Å². The quantitative estimate of drug-likeness (QED) is 0.149. The summed E-state index contributed by atoms with van der Waals surface area (Å²) in [6.07, 6.45) is 0.0192. The van der Waals surface area contributed by atoms with E-state index in [9.17, 15) is 15.3 Å². The molecule has 0 amide bonds. The van der Waals surface area contributed by atoms with Crippen molar-refractivity contribution in [3.63, 3.8) is 0 Å². The number of hydrogen-bond donors (Lipinski definition) is 7. The molecule has 9 N–H and O–H groups in total. The lowest BCUT2D eigenvalue weighted by Crippen LogP contribution is -2.56. The van der Waals surface area contributed by atoms with Crippen molar-refractivity contribution in [3.05, 3.63) is 15.6 Å². The molecule has 2 saturated heterocycles. The summed E-state index contributed by atoms with van der Waals surface area (Å²) >= 11 is 16.4. The number of halogens is 3. The second kappa shape index (κ2) is 20.2. The number of hydrogen-bond acceptors (Lipinski definition) is 17. The highest BCUT2D eigenvalue weighted by molar-refractivity contribution is 6.32. The van der Waals surface area contributed by atoms with E-state index in [1.54, 1.807) is 7.11 Å². The van der Waals surface area contributed by atoms with Gasteiger partial charge in [0, 0.05) is 65.5 Å². The minimum Gasteiger partial charge on any atom is -0.395 e. The number of methoxy groups -OCH3 is 1. The van der Waals surface area contributed by atoms with Crippen LogP contribution in [0, 0.1) is 0 Å². The molecule has 0 bridgehead atoms. The van der Waals surface area contributed by atoms with Crippen LogP contribution in [0.2, 0.25) is 15.6 Å². The molecule has 4 atom stereocenters. The van der Waals surface area contributed by atoms with E-state index in [0.717, 1.165) is 32.6 Å². The summed E-state index contributed by atoms with van der Waals surface area (Å²) in [5.41, 5.74) is 10.8. The van der Waals surface area contributed by atoms with E-state index in [0.29, 0.717) is 32.1 Å². The van der Waals surface area contributed by atoms with Gasteiger partial charge >= 0.3 is 0 Å². The third kappa shape index (κ3) is 13.1. The molecule has 4 rings (SSSR count). The van der Waals surface area contributed by atoms with E-state index >= 15 is 0 Å². The van der Waals surface area contributed by atoms with Gasteiger partial charge in [-0.25, -0.2) is 0 Å². The number of nitrogen functional groups attached to an aromatic ring is 2. The van der Waals surface area contributed by atoms with Gasteiger partial charge in [-0.1, -0.05) is 30.1 Å². The molecule has 250 valence electrons. The molecule has 0 aromatic carbocycles. The lowest BCUT2D eigenvalue weighted by atomic mass is 10.1. The maximum atomic E-state index is 9.80. The minimum absolute atomic E-state index is 0.00287. The molecular weight excluding hydrogens is 643 g/mol. The van der Waals surface area contributed by atoms with E-state index in [2.05, 4.69) is 45.5 Å². The fourth-order valence-electron chi connectivity index (χ4n) is 4.40. The normalized spacial score (nSPS) is 20.6. The maximum Gasteiger partial charge on any atom is 0.247 e. The van der Waals surface area contributed by atoms with Gasteiger partial charge < -0.3 is 46.8 Å². The Bertz CT molecular complexity index is 1110. The fraction of sp³-hybridized carbons (Fsp3) is 0.750. The van der Waals surface area contributed by atoms with Gasteiger partial charge in [0.25, 0.3) is 0 Å². The molecular formula is C24H43Cl3N12O5. The Kier molecular flexibility index (Phi) is 17.5. The van der Waals surface area contributed by atoms with Crippen LogP contribution in [0.4, 0.5) is 17.6 Å². The highest BCUT2D eigenvalue weighted by atomic mass is 35.5. The first-order valence-corrected chi connectivity index (χ1v) is 15.1. The van der Waals surface area contributed by atoms with Crippen molar-refractivity contribution in [2.75, 3.05) is 95.7 Å². The van der Waals surface area contributed by atoms with Gasteiger partial charge in [0.15, 0.2) is 21.9 Å². The smallest absolute Gasteiger partial charge is 0.247 e. The number of anilines is 3. The summed E-state index contributed by atoms with van der Waals surface area (Å²) in [5.74, 6) is 0.552. The van der Waals surface area contributed by atoms with Crippen molar-refractivity contribution in [2.45, 2.75) is 37.6 Å². The molecule has 0 unspecified atom stereocenters. The third-order valence-electron chi connectivity index (χ3n) is 6.67. The summed E-state index contributed by atoms with van der Waals surface area (Å²) < 4.78 is 4.92. The molecule has 4 heterocycles. The first kappa shape index (κ1) is 38.2. The van der Waals surface area contributed by atoms with Gasteiger partial charge in [-0.3, -0.25) is 9.80 Å². The second-order valence-corrected chi connectivity index (χ2v) is 11.2. The Morgan fingerprint density at radius 2 is 1.52 bits per heavy atom. The first-order valence-electron chi connectivity index (χ1n) is 14.0. The van der Waals surface area contributed by atoms with E-state index in [1.165, 1.54) is 0 Å². The summed E-state index contributed by atoms with van der Waals surface area (Å²) in [5, 5.41) is 55.5. The van der Waals surface area contributed by atoms with Gasteiger partial charge in [0.1, 0.15) is 0 Å². The summed E-state index contributed by atoms with van der Waals surface area (Å²) in [6.45, 7) is 8.17. The summed E-state index contributed by atoms with van der Waals surface area (Å²) in [7, 11) is 1.55. The monoisotopic (exact) mass is 684 g/mol. The molecule has 20 heteroatoms. The van der Waals surface area contributed by atoms with Crippen LogP contribution in [-0.2, 0) is 4.74 Å². The zero-order chi connectivity index (χ0) is 32.6. The van der Waals surface area contributed by atoms with Crippen LogP contribution >= 0.6 is 34.8 Å². The first-order chi connectivity index (χ1) is 21.0. The summed E-state index contributed by atoms with van der Waals surface area (Å²) in [4.78, 5) is 13.7. The number of aliphatic hydroxyl groups excluding tert-OH is 4. The molecule has 2 aliphatic heterocycles. The van der Waals surface area contributed by atoms with Gasteiger partial charge in [0.05, 0.1) is 38.1 Å². The standard InChI is InChI=1S/C12H21ClN6O3.C9H20N2O2.C3H2Cl2N4/c1-22-7-9(21)5-18-2-3-19(8(4-18)6-20)12-15-11(14)10(13)16-17-12;1-2-9(13)6-11-4-3-10-8(5-11)7-12;4-1-2(6)7-3(5)9-8-1/h8-9,20-21H,2-7H2,1H3,(H2,14,15,17);8-10,12-13H,2-7H2,1H3;(H2,6,7,9)/t8-,9-;8-,9+;/m00./s1. The largest absolute Gasteiger partial charge is 0.395 e. The molecule has 0 saturated carbocycles. The maximum absolute atomic E-state index is 9.80. The Balaban J connectivity index is 0.000000258. The molecule has 2 fully saturated rings.